The molecule has 0 N–H and O–H groups in total. The van der Waals surface area contributed by atoms with Crippen LogP contribution in [0.1, 0.15) is 30.9 Å². The van der Waals surface area contributed by atoms with Crippen LogP contribution in [-0.2, 0) is 4.79 Å². The number of carbonyl (C=O) groups is 2. The van der Waals surface area contributed by atoms with Gasteiger partial charge in [0.15, 0.2) is 0 Å². The van der Waals surface area contributed by atoms with E-state index < -0.39 is 0 Å². The van der Waals surface area contributed by atoms with Gasteiger partial charge in [0.1, 0.15) is 5.75 Å². The lowest BCUT2D eigenvalue weighted by Crippen LogP contribution is -2.34. The Morgan fingerprint density at radius 1 is 1.39 bits per heavy atom. The standard InChI is InChI=1S/C17H22N2O3S/c1-22-14-5-2-4-13(12-14)15-6-3-8-19(15)16(20)7-9-18-10-11-23-17(18)21/h2,4-5,12,15H,3,6-11H2,1H3/t15-/m1/s1. The molecule has 1 atom stereocenters. The van der Waals surface area contributed by atoms with E-state index >= 15 is 0 Å². The molecule has 23 heavy (non-hydrogen) atoms. The molecule has 0 saturated carbocycles. The van der Waals surface area contributed by atoms with Crippen molar-refractivity contribution in [2.24, 2.45) is 0 Å². The second kappa shape index (κ2) is 7.25. The average Bonchev–Trinajstić information content (AvgIpc) is 3.21. The minimum absolute atomic E-state index is 0.101. The molecular weight excluding hydrogens is 312 g/mol. The molecule has 2 aliphatic heterocycles. The van der Waals surface area contributed by atoms with Crippen molar-refractivity contribution in [3.8, 4) is 5.75 Å². The van der Waals surface area contributed by atoms with Crippen LogP contribution < -0.4 is 4.74 Å². The Morgan fingerprint density at radius 2 is 2.26 bits per heavy atom. The van der Waals surface area contributed by atoms with Crippen LogP contribution in [0.15, 0.2) is 24.3 Å². The summed E-state index contributed by atoms with van der Waals surface area (Å²) in [6, 6.07) is 8.08. The summed E-state index contributed by atoms with van der Waals surface area (Å²) in [6.45, 7) is 2.09. The molecule has 0 unspecified atom stereocenters. The van der Waals surface area contributed by atoms with E-state index in [1.165, 1.54) is 11.8 Å². The molecule has 2 aliphatic rings. The number of methoxy groups -OCH3 is 1. The molecular formula is C17H22N2O3S. The van der Waals surface area contributed by atoms with E-state index in [2.05, 4.69) is 6.07 Å². The number of hydrogen-bond acceptors (Lipinski definition) is 4. The summed E-state index contributed by atoms with van der Waals surface area (Å²) in [4.78, 5) is 27.9. The van der Waals surface area contributed by atoms with Crippen molar-refractivity contribution >= 4 is 22.9 Å². The van der Waals surface area contributed by atoms with Gasteiger partial charge in [-0.25, -0.2) is 0 Å². The zero-order valence-corrected chi connectivity index (χ0v) is 14.2. The lowest BCUT2D eigenvalue weighted by Gasteiger charge is -2.26. The van der Waals surface area contributed by atoms with E-state index in [1.54, 1.807) is 12.0 Å². The normalized spacial score (nSPS) is 21.1. The fourth-order valence-electron chi connectivity index (χ4n) is 3.26. The van der Waals surface area contributed by atoms with Crippen LogP contribution in [0.25, 0.3) is 0 Å². The summed E-state index contributed by atoms with van der Waals surface area (Å²) in [5, 5.41) is 0.101. The van der Waals surface area contributed by atoms with Gasteiger partial charge < -0.3 is 14.5 Å². The van der Waals surface area contributed by atoms with Crippen molar-refractivity contribution in [1.82, 2.24) is 9.80 Å². The zero-order chi connectivity index (χ0) is 16.2. The van der Waals surface area contributed by atoms with Gasteiger partial charge in [0, 0.05) is 31.8 Å². The molecule has 0 radical (unpaired) electrons. The largest absolute Gasteiger partial charge is 0.497 e. The number of likely N-dealkylation sites (tertiary alicyclic amines) is 1. The minimum atomic E-state index is 0.101. The van der Waals surface area contributed by atoms with Crippen molar-refractivity contribution in [3.63, 3.8) is 0 Å². The van der Waals surface area contributed by atoms with E-state index in [-0.39, 0.29) is 17.2 Å². The van der Waals surface area contributed by atoms with Crippen LogP contribution in [0.5, 0.6) is 5.75 Å². The molecule has 0 aromatic heterocycles. The fourth-order valence-corrected chi connectivity index (χ4v) is 4.12. The molecule has 2 amide bonds. The summed E-state index contributed by atoms with van der Waals surface area (Å²) in [7, 11) is 1.65. The van der Waals surface area contributed by atoms with Crippen LogP contribution >= 0.6 is 11.8 Å². The highest BCUT2D eigenvalue weighted by molar-refractivity contribution is 8.13. The van der Waals surface area contributed by atoms with E-state index in [9.17, 15) is 9.59 Å². The maximum absolute atomic E-state index is 12.6. The van der Waals surface area contributed by atoms with Gasteiger partial charge in [0.05, 0.1) is 13.2 Å². The molecule has 0 aliphatic carbocycles. The monoisotopic (exact) mass is 334 g/mol. The highest BCUT2D eigenvalue weighted by atomic mass is 32.2. The van der Waals surface area contributed by atoms with E-state index in [4.69, 9.17) is 4.74 Å². The molecule has 5 nitrogen and oxygen atoms in total. The van der Waals surface area contributed by atoms with Crippen molar-refractivity contribution in [2.45, 2.75) is 25.3 Å². The zero-order valence-electron chi connectivity index (χ0n) is 13.4. The number of ether oxygens (including phenoxy) is 1. The number of nitrogens with zero attached hydrogens (tertiary/aromatic N) is 2. The molecule has 2 heterocycles. The van der Waals surface area contributed by atoms with Gasteiger partial charge in [-0.2, -0.15) is 0 Å². The van der Waals surface area contributed by atoms with Crippen LogP contribution in [0.4, 0.5) is 4.79 Å². The van der Waals surface area contributed by atoms with Crippen molar-refractivity contribution in [2.75, 3.05) is 32.5 Å². The molecule has 1 aromatic rings. The smallest absolute Gasteiger partial charge is 0.281 e. The fraction of sp³-hybridized carbons (Fsp3) is 0.529. The summed E-state index contributed by atoms with van der Waals surface area (Å²) in [5.41, 5.74) is 1.13. The summed E-state index contributed by atoms with van der Waals surface area (Å²) < 4.78 is 5.29. The maximum atomic E-state index is 12.6. The van der Waals surface area contributed by atoms with Gasteiger partial charge in [0.25, 0.3) is 5.24 Å². The lowest BCUT2D eigenvalue weighted by atomic mass is 10.0. The second-order valence-corrected chi connectivity index (χ2v) is 6.92. The first kappa shape index (κ1) is 16.2. The number of amides is 2. The number of rotatable bonds is 5. The summed E-state index contributed by atoms with van der Waals surface area (Å²) in [5.74, 6) is 1.80. The quantitative estimate of drug-likeness (QED) is 0.831. The number of benzene rings is 1. The summed E-state index contributed by atoms with van der Waals surface area (Å²) in [6.07, 6.45) is 2.41. The Bertz CT molecular complexity index is 593. The molecule has 1 aromatic carbocycles. The Hall–Kier alpha value is -1.69. The highest BCUT2D eigenvalue weighted by Crippen LogP contribution is 2.34. The van der Waals surface area contributed by atoms with Crippen molar-refractivity contribution in [3.05, 3.63) is 29.8 Å². The maximum Gasteiger partial charge on any atom is 0.281 e. The Labute approximate surface area is 141 Å². The van der Waals surface area contributed by atoms with Gasteiger partial charge in [-0.15, -0.1) is 0 Å². The van der Waals surface area contributed by atoms with E-state index in [1.807, 2.05) is 23.1 Å². The first-order valence-corrected chi connectivity index (χ1v) is 9.02. The Balaban J connectivity index is 1.63. The summed E-state index contributed by atoms with van der Waals surface area (Å²) >= 11 is 1.34. The molecule has 3 rings (SSSR count). The molecule has 2 fully saturated rings. The predicted octanol–water partition coefficient (Wildman–Crippen LogP) is 2.92. The third-order valence-electron chi connectivity index (χ3n) is 4.49. The molecule has 0 spiro atoms. The van der Waals surface area contributed by atoms with E-state index in [0.717, 1.165) is 43.0 Å². The number of carbonyl (C=O) groups excluding carboxylic acids is 2. The third kappa shape index (κ3) is 3.63. The SMILES string of the molecule is COc1cccc([C@H]2CCCN2C(=O)CCN2CCSC2=O)c1. The van der Waals surface area contributed by atoms with Gasteiger partial charge in [-0.05, 0) is 30.5 Å². The second-order valence-electron chi connectivity index (χ2n) is 5.87. The van der Waals surface area contributed by atoms with Crippen LogP contribution in [-0.4, -0.2) is 53.4 Å². The van der Waals surface area contributed by atoms with Crippen LogP contribution in [0.3, 0.4) is 0 Å². The average molecular weight is 334 g/mol. The highest BCUT2D eigenvalue weighted by Gasteiger charge is 2.31. The molecule has 0 bridgehead atoms. The Morgan fingerprint density at radius 3 is 3.00 bits per heavy atom. The molecule has 2 saturated heterocycles. The molecule has 124 valence electrons. The number of thioether (sulfide) groups is 1. The lowest BCUT2D eigenvalue weighted by molar-refractivity contribution is -0.132. The van der Waals surface area contributed by atoms with Crippen LogP contribution in [0.2, 0.25) is 0 Å². The van der Waals surface area contributed by atoms with Gasteiger partial charge in [-0.3, -0.25) is 9.59 Å². The molecule has 6 heteroatoms. The number of hydrogen-bond donors (Lipinski definition) is 0. The minimum Gasteiger partial charge on any atom is -0.497 e. The van der Waals surface area contributed by atoms with Gasteiger partial charge in [-0.1, -0.05) is 23.9 Å². The van der Waals surface area contributed by atoms with Gasteiger partial charge in [0.2, 0.25) is 5.91 Å². The first-order chi connectivity index (χ1) is 11.2. The van der Waals surface area contributed by atoms with Crippen molar-refractivity contribution < 1.29 is 14.3 Å². The van der Waals surface area contributed by atoms with Crippen molar-refractivity contribution in [1.29, 1.82) is 0 Å². The predicted molar refractivity (Wildman–Crippen MR) is 90.7 cm³/mol. The Kier molecular flexibility index (Phi) is 5.10. The van der Waals surface area contributed by atoms with E-state index in [0.29, 0.717) is 13.0 Å². The topological polar surface area (TPSA) is 49.9 Å². The first-order valence-electron chi connectivity index (χ1n) is 8.04. The van der Waals surface area contributed by atoms with Gasteiger partial charge >= 0.3 is 0 Å². The van der Waals surface area contributed by atoms with Crippen LogP contribution in [0, 0.1) is 0 Å². The third-order valence-corrected chi connectivity index (χ3v) is 5.38.